The fraction of sp³-hybridized carbons (Fsp3) is 0.207. The predicted molar refractivity (Wildman–Crippen MR) is 145 cm³/mol. The topological polar surface area (TPSA) is 150 Å². The third kappa shape index (κ3) is 6.48. The maximum absolute atomic E-state index is 13.5. The van der Waals surface area contributed by atoms with Crippen LogP contribution in [0.3, 0.4) is 0 Å². The van der Waals surface area contributed by atoms with E-state index < -0.39 is 47.2 Å². The number of rotatable bonds is 10. The van der Waals surface area contributed by atoms with E-state index in [9.17, 15) is 29.1 Å². The fourth-order valence-electron chi connectivity index (χ4n) is 4.32. The number of carbonyl (C=O) groups is 3. The number of nitrogens with one attached hydrogen (secondary N) is 3. The summed E-state index contributed by atoms with van der Waals surface area (Å²) in [4.78, 5) is 67.1. The summed E-state index contributed by atoms with van der Waals surface area (Å²) in [6, 6.07) is 20.5. The Morgan fingerprint density at radius 2 is 1.36 bits per heavy atom. The van der Waals surface area contributed by atoms with Crippen molar-refractivity contribution in [3.63, 3.8) is 0 Å². The number of aromatic nitrogens is 2. The summed E-state index contributed by atoms with van der Waals surface area (Å²) in [5.74, 6) is -2.67. The van der Waals surface area contributed by atoms with Crippen LogP contribution in [0.15, 0.2) is 94.5 Å². The molecule has 1 aromatic heterocycles. The number of carbonyl (C=O) groups excluding carboxylic acids is 2. The van der Waals surface area contributed by atoms with Crippen molar-refractivity contribution in [3.05, 3.63) is 117 Å². The van der Waals surface area contributed by atoms with Gasteiger partial charge < -0.3 is 20.7 Å². The van der Waals surface area contributed by atoms with Gasteiger partial charge in [0, 0.05) is 12.8 Å². The first kappa shape index (κ1) is 27.1. The van der Waals surface area contributed by atoms with Gasteiger partial charge in [0.25, 0.3) is 5.56 Å². The smallest absolute Gasteiger partial charge is 0.329 e. The van der Waals surface area contributed by atoms with Crippen molar-refractivity contribution in [2.75, 3.05) is 0 Å². The highest BCUT2D eigenvalue weighted by Gasteiger charge is 2.29. The molecule has 4 N–H and O–H groups in total. The first-order valence-electron chi connectivity index (χ1n) is 12.4. The van der Waals surface area contributed by atoms with Crippen LogP contribution in [-0.4, -0.2) is 44.5 Å². The van der Waals surface area contributed by atoms with E-state index in [4.69, 9.17) is 0 Å². The zero-order valence-electron chi connectivity index (χ0n) is 21.2. The Morgan fingerprint density at radius 3 is 1.97 bits per heavy atom. The molecule has 0 fully saturated rings. The summed E-state index contributed by atoms with van der Waals surface area (Å²) in [7, 11) is 0. The summed E-state index contributed by atoms with van der Waals surface area (Å²) in [6.07, 6.45) is 0.0647. The lowest BCUT2D eigenvalue weighted by molar-refractivity contribution is -0.142. The Kier molecular flexibility index (Phi) is 8.35. The summed E-state index contributed by atoms with van der Waals surface area (Å²) < 4.78 is 0.852. The van der Waals surface area contributed by atoms with Gasteiger partial charge in [-0.2, -0.15) is 0 Å². The van der Waals surface area contributed by atoms with Crippen molar-refractivity contribution < 1.29 is 19.5 Å². The van der Waals surface area contributed by atoms with Gasteiger partial charge >= 0.3 is 11.7 Å². The van der Waals surface area contributed by atoms with Crippen LogP contribution >= 0.6 is 0 Å². The SMILES string of the molecule is C[C@H](NC(=O)[C@H](Cc1ccccc1)n1c(=O)[nH]c2ccccc2c1=O)C(=O)N[C@@H](Cc1ccccc1)C(=O)O. The quantitative estimate of drug-likeness (QED) is 0.246. The minimum atomic E-state index is -1.27. The summed E-state index contributed by atoms with van der Waals surface area (Å²) in [5, 5.41) is 14.9. The number of aromatic amines is 1. The van der Waals surface area contributed by atoms with Gasteiger partial charge in [0.2, 0.25) is 11.8 Å². The van der Waals surface area contributed by atoms with E-state index in [-0.39, 0.29) is 18.2 Å². The highest BCUT2D eigenvalue weighted by molar-refractivity contribution is 5.91. The normalized spacial score (nSPS) is 13.3. The molecule has 4 aromatic rings. The zero-order valence-corrected chi connectivity index (χ0v) is 21.2. The number of benzene rings is 3. The van der Waals surface area contributed by atoms with E-state index in [0.29, 0.717) is 11.1 Å². The molecule has 39 heavy (non-hydrogen) atoms. The van der Waals surface area contributed by atoms with Crippen LogP contribution in [-0.2, 0) is 27.2 Å². The van der Waals surface area contributed by atoms with E-state index in [1.54, 1.807) is 84.9 Å². The van der Waals surface area contributed by atoms with Crippen LogP contribution in [0, 0.1) is 0 Å². The number of nitrogens with zero attached hydrogens (tertiary/aromatic N) is 1. The standard InChI is InChI=1S/C29H28N4O6/c1-18(25(34)31-23(28(37)38)16-19-10-4-2-5-11-19)30-26(35)24(17-20-12-6-3-7-13-20)33-27(36)21-14-8-9-15-22(21)32-29(33)39/h2-15,18,23-24H,16-17H2,1H3,(H,30,35)(H,31,34)(H,32,39)(H,37,38)/t18-,23-,24-/m0/s1. The van der Waals surface area contributed by atoms with Crippen LogP contribution in [0.5, 0.6) is 0 Å². The van der Waals surface area contributed by atoms with Gasteiger partial charge in [0.15, 0.2) is 0 Å². The summed E-state index contributed by atoms with van der Waals surface area (Å²) in [6.45, 7) is 1.40. The fourth-order valence-corrected chi connectivity index (χ4v) is 4.32. The number of amides is 2. The predicted octanol–water partition coefficient (Wildman–Crippen LogP) is 1.79. The molecule has 0 saturated heterocycles. The monoisotopic (exact) mass is 528 g/mol. The van der Waals surface area contributed by atoms with Gasteiger partial charge in [-0.25, -0.2) is 14.2 Å². The molecular formula is C29H28N4O6. The van der Waals surface area contributed by atoms with E-state index in [1.807, 2.05) is 0 Å². The Bertz CT molecular complexity index is 1600. The maximum atomic E-state index is 13.5. The van der Waals surface area contributed by atoms with Crippen LogP contribution in [0.25, 0.3) is 10.9 Å². The minimum absolute atomic E-state index is 0.00803. The first-order valence-corrected chi connectivity index (χ1v) is 12.4. The molecule has 1 heterocycles. The van der Waals surface area contributed by atoms with Crippen molar-refractivity contribution in [1.82, 2.24) is 20.2 Å². The molecule has 0 aliphatic rings. The van der Waals surface area contributed by atoms with Crippen LogP contribution in [0.2, 0.25) is 0 Å². The molecule has 0 radical (unpaired) electrons. The van der Waals surface area contributed by atoms with Crippen molar-refractivity contribution in [3.8, 4) is 0 Å². The molecule has 10 heteroatoms. The number of carboxylic acids is 1. The Balaban J connectivity index is 1.59. The number of aliphatic carboxylic acids is 1. The third-order valence-corrected chi connectivity index (χ3v) is 6.37. The molecule has 0 unspecified atom stereocenters. The molecule has 0 aliphatic heterocycles. The lowest BCUT2D eigenvalue weighted by atomic mass is 10.0. The average Bonchev–Trinajstić information content (AvgIpc) is 2.93. The molecule has 0 spiro atoms. The van der Waals surface area contributed by atoms with Gasteiger partial charge in [0.1, 0.15) is 18.1 Å². The highest BCUT2D eigenvalue weighted by Crippen LogP contribution is 2.14. The Morgan fingerprint density at radius 1 is 0.795 bits per heavy atom. The second kappa shape index (κ2) is 12.0. The number of H-pyrrole nitrogens is 1. The van der Waals surface area contributed by atoms with Crippen molar-refractivity contribution in [2.24, 2.45) is 0 Å². The molecule has 3 atom stereocenters. The van der Waals surface area contributed by atoms with Crippen LogP contribution in [0.4, 0.5) is 0 Å². The molecule has 0 aliphatic carbocycles. The Labute approximate surface area is 223 Å². The molecular weight excluding hydrogens is 500 g/mol. The molecule has 10 nitrogen and oxygen atoms in total. The zero-order chi connectivity index (χ0) is 27.9. The number of para-hydroxylation sites is 1. The van der Waals surface area contributed by atoms with Crippen LogP contribution in [0.1, 0.15) is 24.1 Å². The maximum Gasteiger partial charge on any atom is 0.329 e. The second-order valence-electron chi connectivity index (χ2n) is 9.18. The van der Waals surface area contributed by atoms with Crippen LogP contribution < -0.4 is 21.9 Å². The van der Waals surface area contributed by atoms with Crippen molar-refractivity contribution >= 4 is 28.7 Å². The molecule has 2 amide bonds. The third-order valence-electron chi connectivity index (χ3n) is 6.37. The van der Waals surface area contributed by atoms with E-state index >= 15 is 0 Å². The summed E-state index contributed by atoms with van der Waals surface area (Å²) >= 11 is 0. The minimum Gasteiger partial charge on any atom is -0.480 e. The Hall–Kier alpha value is -4.99. The lowest BCUT2D eigenvalue weighted by Crippen LogP contribution is -2.53. The highest BCUT2D eigenvalue weighted by atomic mass is 16.4. The van der Waals surface area contributed by atoms with Crippen molar-refractivity contribution in [2.45, 2.75) is 37.9 Å². The van der Waals surface area contributed by atoms with E-state index in [1.165, 1.54) is 6.92 Å². The van der Waals surface area contributed by atoms with Gasteiger partial charge in [-0.15, -0.1) is 0 Å². The molecule has 4 rings (SSSR count). The van der Waals surface area contributed by atoms with E-state index in [2.05, 4.69) is 15.6 Å². The largest absolute Gasteiger partial charge is 0.480 e. The molecule has 3 aromatic carbocycles. The summed E-state index contributed by atoms with van der Waals surface area (Å²) in [5.41, 5.74) is 0.355. The molecule has 0 bridgehead atoms. The van der Waals surface area contributed by atoms with Gasteiger partial charge in [-0.1, -0.05) is 72.8 Å². The number of hydrogen-bond donors (Lipinski definition) is 4. The molecule has 200 valence electrons. The van der Waals surface area contributed by atoms with Gasteiger partial charge in [0.05, 0.1) is 10.9 Å². The van der Waals surface area contributed by atoms with Gasteiger partial charge in [-0.05, 0) is 30.2 Å². The molecule has 0 saturated carbocycles. The first-order chi connectivity index (χ1) is 18.7. The lowest BCUT2D eigenvalue weighted by Gasteiger charge is -2.23. The van der Waals surface area contributed by atoms with Gasteiger partial charge in [-0.3, -0.25) is 14.4 Å². The van der Waals surface area contributed by atoms with Crippen molar-refractivity contribution in [1.29, 1.82) is 0 Å². The number of fused-ring (bicyclic) bond motifs is 1. The second-order valence-corrected chi connectivity index (χ2v) is 9.18. The van der Waals surface area contributed by atoms with E-state index in [0.717, 1.165) is 10.1 Å². The average molecular weight is 529 g/mol. The number of hydrogen-bond acceptors (Lipinski definition) is 5. The number of carboxylic acid groups (broad SMARTS) is 1.